The summed E-state index contributed by atoms with van der Waals surface area (Å²) in [5, 5.41) is 0.331. The predicted molar refractivity (Wildman–Crippen MR) is 129 cm³/mol. The number of carbonyl (C=O) groups excluding carboxylic acids is 1. The Morgan fingerprint density at radius 3 is 2.48 bits per heavy atom. The lowest BCUT2D eigenvalue weighted by Gasteiger charge is -2.37. The van der Waals surface area contributed by atoms with E-state index in [1.54, 1.807) is 12.1 Å². The largest absolute Gasteiger partial charge is 0.495 e. The van der Waals surface area contributed by atoms with Crippen LogP contribution in [0.1, 0.15) is 31.2 Å². The summed E-state index contributed by atoms with van der Waals surface area (Å²) in [4.78, 5) is 15.2. The molecule has 2 heterocycles. The molecular formula is C25H31ClN2O4S. The highest BCUT2D eigenvalue weighted by atomic mass is 35.5. The molecule has 8 heteroatoms. The lowest BCUT2D eigenvalue weighted by molar-refractivity contribution is -0.138. The van der Waals surface area contributed by atoms with E-state index in [0.29, 0.717) is 30.3 Å². The molecule has 2 aliphatic rings. The standard InChI is InChI=1S/C25H31ClN2O4S/c1-32-23-10-9-22(26)17-24(23)33(30,31)28-13-5-8-21(18-28)25(29)27-14-11-20(12-15-27)16-19-6-3-2-4-7-19/h2-4,6-7,9-10,17,20-21H,5,8,11-16,18H2,1H3/t21-/m0/s1. The average molecular weight is 491 g/mol. The SMILES string of the molecule is COc1ccc(Cl)cc1S(=O)(=O)N1CCC[C@H](C(=O)N2CCC(Cc3ccccc3)CC2)C1. The molecule has 2 aliphatic heterocycles. The molecule has 0 bridgehead atoms. The lowest BCUT2D eigenvalue weighted by Crippen LogP contribution is -2.48. The van der Waals surface area contributed by atoms with Gasteiger partial charge < -0.3 is 9.64 Å². The number of benzene rings is 2. The van der Waals surface area contributed by atoms with E-state index in [1.807, 2.05) is 11.0 Å². The first-order valence-electron chi connectivity index (χ1n) is 11.5. The van der Waals surface area contributed by atoms with E-state index in [0.717, 1.165) is 32.4 Å². The summed E-state index contributed by atoms with van der Waals surface area (Å²) < 4.78 is 33.4. The number of halogens is 1. The second kappa shape index (κ2) is 10.5. The van der Waals surface area contributed by atoms with Crippen LogP contribution in [0.3, 0.4) is 0 Å². The molecule has 0 aromatic heterocycles. The van der Waals surface area contributed by atoms with E-state index >= 15 is 0 Å². The van der Waals surface area contributed by atoms with Crippen molar-refractivity contribution < 1.29 is 17.9 Å². The maximum absolute atomic E-state index is 13.3. The Hall–Kier alpha value is -2.09. The van der Waals surface area contributed by atoms with Crippen LogP contribution in [0, 0.1) is 11.8 Å². The molecule has 0 saturated carbocycles. The Morgan fingerprint density at radius 2 is 1.79 bits per heavy atom. The summed E-state index contributed by atoms with van der Waals surface area (Å²) in [5.41, 5.74) is 1.34. The molecule has 0 spiro atoms. The molecule has 0 aliphatic carbocycles. The van der Waals surface area contributed by atoms with E-state index in [2.05, 4.69) is 24.3 Å². The molecule has 1 amide bonds. The first kappa shape index (κ1) is 24.0. The zero-order valence-electron chi connectivity index (χ0n) is 19.0. The zero-order valence-corrected chi connectivity index (χ0v) is 20.5. The van der Waals surface area contributed by atoms with Crippen LogP contribution in [0.5, 0.6) is 5.75 Å². The fourth-order valence-electron chi connectivity index (χ4n) is 4.92. The predicted octanol–water partition coefficient (Wildman–Crippen LogP) is 4.23. The molecule has 0 unspecified atom stereocenters. The highest BCUT2D eigenvalue weighted by Crippen LogP contribution is 2.33. The topological polar surface area (TPSA) is 66.9 Å². The summed E-state index contributed by atoms with van der Waals surface area (Å²) in [6, 6.07) is 15.0. The van der Waals surface area contributed by atoms with Crippen molar-refractivity contribution in [1.82, 2.24) is 9.21 Å². The van der Waals surface area contributed by atoms with Crippen LogP contribution in [-0.4, -0.2) is 56.8 Å². The molecule has 4 rings (SSSR count). The highest BCUT2D eigenvalue weighted by molar-refractivity contribution is 7.89. The van der Waals surface area contributed by atoms with Crippen molar-refractivity contribution in [2.24, 2.45) is 11.8 Å². The van der Waals surface area contributed by atoms with Gasteiger partial charge in [0.15, 0.2) is 0 Å². The van der Waals surface area contributed by atoms with E-state index in [9.17, 15) is 13.2 Å². The molecule has 0 N–H and O–H groups in total. The number of sulfonamides is 1. The molecular weight excluding hydrogens is 460 g/mol. The van der Waals surface area contributed by atoms with Crippen LogP contribution in [0.25, 0.3) is 0 Å². The summed E-state index contributed by atoms with van der Waals surface area (Å²) >= 11 is 6.06. The first-order valence-corrected chi connectivity index (χ1v) is 13.4. The quantitative estimate of drug-likeness (QED) is 0.607. The Balaban J connectivity index is 1.38. The number of likely N-dealkylation sites (tertiary alicyclic amines) is 1. The van der Waals surface area contributed by atoms with Crippen molar-refractivity contribution in [2.75, 3.05) is 33.3 Å². The van der Waals surface area contributed by atoms with Gasteiger partial charge in [0, 0.05) is 31.2 Å². The van der Waals surface area contributed by atoms with Gasteiger partial charge in [0.05, 0.1) is 13.0 Å². The van der Waals surface area contributed by atoms with Gasteiger partial charge in [-0.25, -0.2) is 8.42 Å². The Bertz CT molecular complexity index is 1070. The third-order valence-electron chi connectivity index (χ3n) is 6.77. The van der Waals surface area contributed by atoms with E-state index in [-0.39, 0.29) is 29.0 Å². The van der Waals surface area contributed by atoms with Gasteiger partial charge in [0.2, 0.25) is 15.9 Å². The number of methoxy groups -OCH3 is 1. The van der Waals surface area contributed by atoms with Gasteiger partial charge in [0.1, 0.15) is 10.6 Å². The van der Waals surface area contributed by atoms with Crippen LogP contribution in [0.15, 0.2) is 53.4 Å². The van der Waals surface area contributed by atoms with Gasteiger partial charge in [-0.15, -0.1) is 0 Å². The normalized spacial score (nSPS) is 20.5. The number of hydrogen-bond donors (Lipinski definition) is 0. The average Bonchev–Trinajstić information content (AvgIpc) is 2.85. The van der Waals surface area contributed by atoms with Gasteiger partial charge in [-0.05, 0) is 61.8 Å². The Labute approximate surface area is 201 Å². The van der Waals surface area contributed by atoms with Gasteiger partial charge in [-0.1, -0.05) is 41.9 Å². The molecule has 2 aromatic rings. The minimum Gasteiger partial charge on any atom is -0.495 e. The zero-order chi connectivity index (χ0) is 23.4. The van der Waals surface area contributed by atoms with Crippen molar-refractivity contribution >= 4 is 27.5 Å². The minimum absolute atomic E-state index is 0.0484. The number of amides is 1. The van der Waals surface area contributed by atoms with E-state index < -0.39 is 10.0 Å². The van der Waals surface area contributed by atoms with Crippen molar-refractivity contribution in [1.29, 1.82) is 0 Å². The smallest absolute Gasteiger partial charge is 0.246 e. The van der Waals surface area contributed by atoms with Gasteiger partial charge in [0.25, 0.3) is 0 Å². The third kappa shape index (κ3) is 5.53. The fourth-order valence-corrected chi connectivity index (χ4v) is 6.86. The van der Waals surface area contributed by atoms with Crippen molar-refractivity contribution in [2.45, 2.75) is 37.0 Å². The second-order valence-electron chi connectivity index (χ2n) is 8.96. The molecule has 0 radical (unpaired) electrons. The van der Waals surface area contributed by atoms with Gasteiger partial charge in [-0.2, -0.15) is 4.31 Å². The number of carbonyl (C=O) groups is 1. The first-order chi connectivity index (χ1) is 15.9. The molecule has 2 fully saturated rings. The van der Waals surface area contributed by atoms with Crippen molar-refractivity contribution in [3.63, 3.8) is 0 Å². The highest BCUT2D eigenvalue weighted by Gasteiger charge is 2.37. The number of nitrogens with zero attached hydrogens (tertiary/aromatic N) is 2. The van der Waals surface area contributed by atoms with Gasteiger partial charge in [-0.3, -0.25) is 4.79 Å². The van der Waals surface area contributed by atoms with E-state index in [4.69, 9.17) is 16.3 Å². The summed E-state index contributed by atoms with van der Waals surface area (Å²) in [5.74, 6) is 0.596. The molecule has 2 saturated heterocycles. The van der Waals surface area contributed by atoms with Crippen LogP contribution in [0.2, 0.25) is 5.02 Å². The molecule has 6 nitrogen and oxygen atoms in total. The number of ether oxygens (including phenoxy) is 1. The summed E-state index contributed by atoms with van der Waals surface area (Å²) in [6.07, 6.45) is 4.37. The van der Waals surface area contributed by atoms with Crippen LogP contribution >= 0.6 is 11.6 Å². The summed E-state index contributed by atoms with van der Waals surface area (Å²) in [7, 11) is -2.38. The lowest BCUT2D eigenvalue weighted by atomic mass is 9.89. The maximum Gasteiger partial charge on any atom is 0.246 e. The molecule has 2 aromatic carbocycles. The van der Waals surface area contributed by atoms with Crippen molar-refractivity contribution in [3.8, 4) is 5.75 Å². The van der Waals surface area contributed by atoms with Crippen LogP contribution < -0.4 is 4.74 Å². The molecule has 33 heavy (non-hydrogen) atoms. The molecule has 178 valence electrons. The van der Waals surface area contributed by atoms with E-state index in [1.165, 1.54) is 23.0 Å². The number of rotatable bonds is 6. The third-order valence-corrected chi connectivity index (χ3v) is 8.89. The molecule has 1 atom stereocenters. The minimum atomic E-state index is -3.81. The number of hydrogen-bond acceptors (Lipinski definition) is 4. The second-order valence-corrected chi connectivity index (χ2v) is 11.3. The Morgan fingerprint density at radius 1 is 1.06 bits per heavy atom. The van der Waals surface area contributed by atoms with Crippen LogP contribution in [0.4, 0.5) is 0 Å². The fraction of sp³-hybridized carbons (Fsp3) is 0.480. The van der Waals surface area contributed by atoms with Crippen molar-refractivity contribution in [3.05, 3.63) is 59.1 Å². The van der Waals surface area contributed by atoms with Crippen LogP contribution in [-0.2, 0) is 21.2 Å². The summed E-state index contributed by atoms with van der Waals surface area (Å²) in [6.45, 7) is 2.06. The maximum atomic E-state index is 13.3. The monoisotopic (exact) mass is 490 g/mol. The number of piperidine rings is 2. The van der Waals surface area contributed by atoms with Gasteiger partial charge >= 0.3 is 0 Å². The Kier molecular flexibility index (Phi) is 7.62.